The van der Waals surface area contributed by atoms with E-state index in [0.717, 1.165) is 17.1 Å². The van der Waals surface area contributed by atoms with Crippen molar-refractivity contribution in [1.29, 1.82) is 0 Å². The standard InChI is InChI=1S/C13H13NOS/c1-10(15)12-7-8-16-13(12)14-9-11-5-3-2-4-6-11/h2-8,14H,9H2,1H3. The van der Waals surface area contributed by atoms with E-state index in [1.165, 1.54) is 5.56 Å². The van der Waals surface area contributed by atoms with Crippen molar-refractivity contribution in [2.45, 2.75) is 13.5 Å². The molecular formula is C13H13NOS. The first-order valence-corrected chi connectivity index (χ1v) is 6.01. The maximum absolute atomic E-state index is 11.3. The first-order valence-electron chi connectivity index (χ1n) is 5.13. The molecule has 0 unspecified atom stereocenters. The molecule has 2 nitrogen and oxygen atoms in total. The zero-order valence-electron chi connectivity index (χ0n) is 9.07. The number of carbonyl (C=O) groups excluding carboxylic acids is 1. The number of hydrogen-bond acceptors (Lipinski definition) is 3. The Balaban J connectivity index is 2.05. The fraction of sp³-hybridized carbons (Fsp3) is 0.154. The van der Waals surface area contributed by atoms with Gasteiger partial charge in [0, 0.05) is 6.54 Å². The number of hydrogen-bond donors (Lipinski definition) is 1. The average Bonchev–Trinajstić information content (AvgIpc) is 2.76. The third kappa shape index (κ3) is 2.49. The Morgan fingerprint density at radius 2 is 2.00 bits per heavy atom. The summed E-state index contributed by atoms with van der Waals surface area (Å²) in [4.78, 5) is 11.3. The Morgan fingerprint density at radius 3 is 2.69 bits per heavy atom. The molecule has 16 heavy (non-hydrogen) atoms. The van der Waals surface area contributed by atoms with Gasteiger partial charge in [0.2, 0.25) is 0 Å². The minimum atomic E-state index is 0.108. The molecule has 1 heterocycles. The molecule has 0 spiro atoms. The van der Waals surface area contributed by atoms with Crippen molar-refractivity contribution in [3.05, 3.63) is 52.9 Å². The van der Waals surface area contributed by atoms with Crippen LogP contribution in [-0.2, 0) is 6.54 Å². The molecule has 0 fully saturated rings. The monoisotopic (exact) mass is 231 g/mol. The molecule has 0 saturated carbocycles. The summed E-state index contributed by atoms with van der Waals surface area (Å²) in [7, 11) is 0. The molecule has 0 aliphatic heterocycles. The summed E-state index contributed by atoms with van der Waals surface area (Å²) in [6, 6.07) is 12.0. The molecule has 2 aromatic rings. The van der Waals surface area contributed by atoms with Crippen LogP contribution in [0.4, 0.5) is 5.00 Å². The molecule has 0 amide bonds. The van der Waals surface area contributed by atoms with Gasteiger partial charge in [-0.25, -0.2) is 0 Å². The van der Waals surface area contributed by atoms with Gasteiger partial charge in [-0.15, -0.1) is 11.3 Å². The molecule has 82 valence electrons. The van der Waals surface area contributed by atoms with Gasteiger partial charge in [-0.1, -0.05) is 30.3 Å². The van der Waals surface area contributed by atoms with Gasteiger partial charge in [-0.2, -0.15) is 0 Å². The third-order valence-electron chi connectivity index (χ3n) is 2.34. The lowest BCUT2D eigenvalue weighted by Crippen LogP contribution is -2.01. The predicted molar refractivity (Wildman–Crippen MR) is 68.1 cm³/mol. The largest absolute Gasteiger partial charge is 0.372 e. The van der Waals surface area contributed by atoms with E-state index in [9.17, 15) is 4.79 Å². The number of Topliss-reactive ketones (excluding diaryl/α,β-unsaturated/α-hetero) is 1. The lowest BCUT2D eigenvalue weighted by molar-refractivity contribution is 0.101. The van der Waals surface area contributed by atoms with Crippen molar-refractivity contribution >= 4 is 22.1 Å². The highest BCUT2D eigenvalue weighted by molar-refractivity contribution is 7.14. The summed E-state index contributed by atoms with van der Waals surface area (Å²) < 4.78 is 0. The van der Waals surface area contributed by atoms with Gasteiger partial charge in [0.25, 0.3) is 0 Å². The van der Waals surface area contributed by atoms with Crippen molar-refractivity contribution in [2.75, 3.05) is 5.32 Å². The number of rotatable bonds is 4. The van der Waals surface area contributed by atoms with Gasteiger partial charge in [0.05, 0.1) is 10.6 Å². The van der Waals surface area contributed by atoms with Crippen molar-refractivity contribution in [2.24, 2.45) is 0 Å². The second-order valence-electron chi connectivity index (χ2n) is 3.56. The SMILES string of the molecule is CC(=O)c1ccsc1NCc1ccccc1. The van der Waals surface area contributed by atoms with Crippen LogP contribution in [0.15, 0.2) is 41.8 Å². The minimum absolute atomic E-state index is 0.108. The average molecular weight is 231 g/mol. The zero-order chi connectivity index (χ0) is 11.4. The Hall–Kier alpha value is -1.61. The quantitative estimate of drug-likeness (QED) is 0.815. The first kappa shape index (κ1) is 10.9. The van der Waals surface area contributed by atoms with Crippen molar-refractivity contribution in [1.82, 2.24) is 0 Å². The van der Waals surface area contributed by atoms with Crippen LogP contribution in [0.3, 0.4) is 0 Å². The molecule has 2 rings (SSSR count). The highest BCUT2D eigenvalue weighted by Gasteiger charge is 2.07. The Bertz CT molecular complexity index is 476. The zero-order valence-corrected chi connectivity index (χ0v) is 9.88. The van der Waals surface area contributed by atoms with E-state index in [4.69, 9.17) is 0 Å². The van der Waals surface area contributed by atoms with Crippen LogP contribution in [0.1, 0.15) is 22.8 Å². The maximum Gasteiger partial charge on any atom is 0.162 e. The van der Waals surface area contributed by atoms with Gasteiger partial charge in [0.1, 0.15) is 0 Å². The first-order chi connectivity index (χ1) is 7.77. The molecule has 0 aliphatic rings. The summed E-state index contributed by atoms with van der Waals surface area (Å²) in [5, 5.41) is 6.18. The van der Waals surface area contributed by atoms with E-state index in [2.05, 4.69) is 17.4 Å². The molecule has 0 radical (unpaired) electrons. The van der Waals surface area contributed by atoms with Gasteiger partial charge >= 0.3 is 0 Å². The van der Waals surface area contributed by atoms with E-state index < -0.39 is 0 Å². The summed E-state index contributed by atoms with van der Waals surface area (Å²) in [5.41, 5.74) is 1.99. The number of nitrogens with one attached hydrogen (secondary N) is 1. The van der Waals surface area contributed by atoms with Crippen LogP contribution in [-0.4, -0.2) is 5.78 Å². The van der Waals surface area contributed by atoms with Crippen LogP contribution in [0.25, 0.3) is 0 Å². The number of carbonyl (C=O) groups is 1. The Kier molecular flexibility index (Phi) is 3.37. The van der Waals surface area contributed by atoms with Crippen LogP contribution in [0.5, 0.6) is 0 Å². The van der Waals surface area contributed by atoms with Gasteiger partial charge in [-0.3, -0.25) is 4.79 Å². The van der Waals surface area contributed by atoms with Crippen molar-refractivity contribution < 1.29 is 4.79 Å². The maximum atomic E-state index is 11.3. The number of thiophene rings is 1. The second-order valence-corrected chi connectivity index (χ2v) is 4.47. The smallest absolute Gasteiger partial charge is 0.162 e. The van der Waals surface area contributed by atoms with Crippen molar-refractivity contribution in [3.8, 4) is 0 Å². The molecule has 0 atom stereocenters. The highest BCUT2D eigenvalue weighted by Crippen LogP contribution is 2.24. The van der Waals surface area contributed by atoms with Crippen LogP contribution >= 0.6 is 11.3 Å². The Labute approximate surface area is 98.9 Å². The normalized spacial score (nSPS) is 10.1. The molecule has 1 aromatic heterocycles. The van der Waals surface area contributed by atoms with Gasteiger partial charge in [-0.05, 0) is 23.9 Å². The molecule has 0 bridgehead atoms. The van der Waals surface area contributed by atoms with E-state index in [-0.39, 0.29) is 5.78 Å². The summed E-state index contributed by atoms with van der Waals surface area (Å²) >= 11 is 1.57. The fourth-order valence-electron chi connectivity index (χ4n) is 1.50. The minimum Gasteiger partial charge on any atom is -0.372 e. The molecule has 3 heteroatoms. The topological polar surface area (TPSA) is 29.1 Å². The summed E-state index contributed by atoms with van der Waals surface area (Å²) in [6.07, 6.45) is 0. The number of benzene rings is 1. The molecule has 1 N–H and O–H groups in total. The molecular weight excluding hydrogens is 218 g/mol. The van der Waals surface area contributed by atoms with Gasteiger partial charge in [0.15, 0.2) is 5.78 Å². The van der Waals surface area contributed by atoms with Crippen LogP contribution in [0.2, 0.25) is 0 Å². The van der Waals surface area contributed by atoms with Crippen LogP contribution < -0.4 is 5.32 Å². The predicted octanol–water partition coefficient (Wildman–Crippen LogP) is 3.56. The van der Waals surface area contributed by atoms with Crippen LogP contribution in [0, 0.1) is 0 Å². The number of anilines is 1. The molecule has 0 aliphatic carbocycles. The lowest BCUT2D eigenvalue weighted by atomic mass is 10.2. The van der Waals surface area contributed by atoms with Crippen molar-refractivity contribution in [3.63, 3.8) is 0 Å². The molecule has 0 saturated heterocycles. The van der Waals surface area contributed by atoms with E-state index in [0.29, 0.717) is 0 Å². The Morgan fingerprint density at radius 1 is 1.25 bits per heavy atom. The lowest BCUT2D eigenvalue weighted by Gasteiger charge is -2.05. The summed E-state index contributed by atoms with van der Waals surface area (Å²) in [6.45, 7) is 2.34. The van der Waals surface area contributed by atoms with E-state index >= 15 is 0 Å². The van der Waals surface area contributed by atoms with E-state index in [1.54, 1.807) is 18.3 Å². The van der Waals surface area contributed by atoms with E-state index in [1.807, 2.05) is 29.6 Å². The third-order valence-corrected chi connectivity index (χ3v) is 3.21. The highest BCUT2D eigenvalue weighted by atomic mass is 32.1. The fourth-order valence-corrected chi connectivity index (χ4v) is 2.34. The number of ketones is 1. The van der Waals surface area contributed by atoms with Gasteiger partial charge < -0.3 is 5.32 Å². The summed E-state index contributed by atoms with van der Waals surface area (Å²) in [5.74, 6) is 0.108. The molecule has 1 aromatic carbocycles. The second kappa shape index (κ2) is 4.94.